The summed E-state index contributed by atoms with van der Waals surface area (Å²) in [5, 5.41) is 28.1. The molecule has 0 saturated heterocycles. The van der Waals surface area contributed by atoms with Gasteiger partial charge in [0.15, 0.2) is 0 Å². The second-order valence-electron chi connectivity index (χ2n) is 16.3. The minimum atomic E-state index is -0.604. The van der Waals surface area contributed by atoms with Crippen LogP contribution in [0.5, 0.6) is 5.75 Å². The Balaban J connectivity index is 1.28. The summed E-state index contributed by atoms with van der Waals surface area (Å²) in [4.78, 5) is 44.1. The highest BCUT2D eigenvalue weighted by Crippen LogP contribution is 2.40. The van der Waals surface area contributed by atoms with Gasteiger partial charge in [-0.2, -0.15) is 0 Å². The summed E-state index contributed by atoms with van der Waals surface area (Å²) in [5.41, 5.74) is 5.93. The first-order valence-electron chi connectivity index (χ1n) is 21.7. The van der Waals surface area contributed by atoms with Crippen molar-refractivity contribution in [1.29, 1.82) is 0 Å². The van der Waals surface area contributed by atoms with Crippen LogP contribution >= 0.6 is 0 Å². The van der Waals surface area contributed by atoms with E-state index < -0.39 is 12.2 Å². The second kappa shape index (κ2) is 22.1. The number of H-pyrrole nitrogens is 1. The van der Waals surface area contributed by atoms with Crippen molar-refractivity contribution in [3.63, 3.8) is 0 Å². The van der Waals surface area contributed by atoms with E-state index >= 15 is 0 Å². The fraction of sp³-hybridized carbons (Fsp3) is 0.521. The summed E-state index contributed by atoms with van der Waals surface area (Å²) in [6.07, 6.45) is 10.2. The summed E-state index contributed by atoms with van der Waals surface area (Å²) in [5.74, 6) is -0.0738. The number of aromatic amines is 1. The zero-order valence-electron chi connectivity index (χ0n) is 35.9. The van der Waals surface area contributed by atoms with Crippen LogP contribution in [0.1, 0.15) is 117 Å². The number of anilines is 1. The van der Waals surface area contributed by atoms with Gasteiger partial charge in [0.1, 0.15) is 5.75 Å². The number of benzene rings is 2. The van der Waals surface area contributed by atoms with Gasteiger partial charge in [-0.1, -0.05) is 56.3 Å². The predicted octanol–water partition coefficient (Wildman–Crippen LogP) is 7.78. The van der Waals surface area contributed by atoms with Crippen molar-refractivity contribution in [2.75, 3.05) is 31.5 Å². The normalized spacial score (nSPS) is 20.1. The number of aliphatic hydroxyl groups excluding tert-OH is 2. The fourth-order valence-corrected chi connectivity index (χ4v) is 8.51. The van der Waals surface area contributed by atoms with Crippen LogP contribution < -0.4 is 15.4 Å². The van der Waals surface area contributed by atoms with Crippen molar-refractivity contribution in [1.82, 2.24) is 15.2 Å². The molecule has 320 valence electrons. The Bertz CT molecular complexity index is 1910. The van der Waals surface area contributed by atoms with Gasteiger partial charge >= 0.3 is 5.97 Å². The van der Waals surface area contributed by atoms with Crippen molar-refractivity contribution < 1.29 is 34.1 Å². The molecule has 1 aliphatic heterocycles. The first-order valence-corrected chi connectivity index (χ1v) is 21.7. The molecule has 2 amide bonds. The number of carbonyl (C=O) groups excluding carboxylic acids is 3. The van der Waals surface area contributed by atoms with Gasteiger partial charge in [0, 0.05) is 42.1 Å². The molecular weight excluding hydrogens is 745 g/mol. The standard InChI is InChI=1S/C48H66N4O7/c1-7-52(8-2)27-26-49-48(57)46-32(5)42(50-33(46)6)29-40-39-28-36(23-25-41(39)51-47(40)56)59-35(21-20-34-16-12-11-13-17-34)22-24-38-37(43(53)30-44(38)54)18-14-9-10-15-19-45(55)58-31(3)4/h9,11-14,16-17,23,25,28-29,31,35,37-38,43-44,50,53-54H,7-8,10,15,18-22,24,26-27,30H2,1-6H3,(H,49,57)(H,51,56)/b14-9-,40-29-/t35?,37-,38?,43+,44-/m1/s1. The molecular formula is C48H66N4O7. The number of ether oxygens (including phenoxy) is 2. The van der Waals surface area contributed by atoms with Crippen LogP contribution in [0.4, 0.5) is 5.69 Å². The Morgan fingerprint density at radius 3 is 2.47 bits per heavy atom. The molecule has 59 heavy (non-hydrogen) atoms. The summed E-state index contributed by atoms with van der Waals surface area (Å²) in [6, 6.07) is 15.9. The van der Waals surface area contributed by atoms with Gasteiger partial charge in [-0.05, 0) is 139 Å². The van der Waals surface area contributed by atoms with Crippen LogP contribution in [0.25, 0.3) is 11.6 Å². The average Bonchev–Trinajstić information content (AvgIpc) is 3.78. The number of allylic oxidation sites excluding steroid dienone is 2. The van der Waals surface area contributed by atoms with Crippen LogP contribution in [0.15, 0.2) is 60.7 Å². The second-order valence-corrected chi connectivity index (χ2v) is 16.3. The van der Waals surface area contributed by atoms with Gasteiger partial charge in [-0.15, -0.1) is 0 Å². The molecule has 1 fully saturated rings. The molecule has 2 unspecified atom stereocenters. The number of aryl methyl sites for hydroxylation is 2. The third-order valence-electron chi connectivity index (χ3n) is 11.8. The zero-order valence-corrected chi connectivity index (χ0v) is 35.9. The van der Waals surface area contributed by atoms with Gasteiger partial charge in [-0.25, -0.2) is 0 Å². The number of fused-ring (bicyclic) bond motifs is 1. The van der Waals surface area contributed by atoms with Crippen LogP contribution in [0, 0.1) is 25.7 Å². The quantitative estimate of drug-likeness (QED) is 0.0299. The average molecular weight is 811 g/mol. The van der Waals surface area contributed by atoms with Crippen molar-refractivity contribution in [3.05, 3.63) is 94.3 Å². The molecule has 0 radical (unpaired) electrons. The smallest absolute Gasteiger partial charge is 0.306 e. The third-order valence-corrected chi connectivity index (χ3v) is 11.8. The molecule has 2 heterocycles. The van der Waals surface area contributed by atoms with E-state index in [-0.39, 0.29) is 41.8 Å². The summed E-state index contributed by atoms with van der Waals surface area (Å²) in [6.45, 7) is 14.8. The highest BCUT2D eigenvalue weighted by atomic mass is 16.5. The number of aromatic nitrogens is 1. The number of likely N-dealkylation sites (N-methyl/N-ethyl adjacent to an activating group) is 1. The van der Waals surface area contributed by atoms with E-state index in [1.165, 1.54) is 5.56 Å². The first kappa shape index (κ1) is 45.4. The number of amides is 2. The molecule has 1 aromatic heterocycles. The van der Waals surface area contributed by atoms with Gasteiger partial charge in [0.05, 0.1) is 35.6 Å². The lowest BCUT2D eigenvalue weighted by atomic mass is 9.85. The third kappa shape index (κ3) is 12.6. The monoisotopic (exact) mass is 810 g/mol. The molecule has 5 rings (SSSR count). The number of rotatable bonds is 22. The maximum Gasteiger partial charge on any atom is 0.306 e. The molecule has 1 aliphatic carbocycles. The maximum absolute atomic E-state index is 13.4. The lowest BCUT2D eigenvalue weighted by molar-refractivity contribution is -0.147. The number of carbonyl (C=O) groups is 3. The van der Waals surface area contributed by atoms with Gasteiger partial charge < -0.3 is 40.2 Å². The van der Waals surface area contributed by atoms with E-state index in [0.717, 1.165) is 55.7 Å². The lowest BCUT2D eigenvalue weighted by Gasteiger charge is -2.26. The highest BCUT2D eigenvalue weighted by molar-refractivity contribution is 6.35. The lowest BCUT2D eigenvalue weighted by Crippen LogP contribution is -2.35. The highest BCUT2D eigenvalue weighted by Gasteiger charge is 2.41. The minimum absolute atomic E-state index is 0.0779. The number of hydrogen-bond acceptors (Lipinski definition) is 8. The van der Waals surface area contributed by atoms with Crippen LogP contribution in [0.2, 0.25) is 0 Å². The van der Waals surface area contributed by atoms with Crippen molar-refractivity contribution >= 4 is 35.1 Å². The number of nitrogens with one attached hydrogen (secondary N) is 3. The largest absolute Gasteiger partial charge is 0.490 e. The van der Waals surface area contributed by atoms with Crippen molar-refractivity contribution in [3.8, 4) is 5.75 Å². The number of aliphatic hydroxyl groups is 2. The fourth-order valence-electron chi connectivity index (χ4n) is 8.51. The SMILES string of the molecule is CCN(CC)CCNC(=O)c1c(C)[nH]c(/C=C2\C(=O)Nc3ccc(OC(CCc4ccccc4)CCC4[C@H](O)C[C@H](O)[C@@H]4C/C=C\CCCC(=O)OC(C)C)cc32)c1C. The van der Waals surface area contributed by atoms with E-state index in [4.69, 9.17) is 9.47 Å². The molecule has 5 atom stereocenters. The van der Waals surface area contributed by atoms with Crippen molar-refractivity contribution in [2.45, 2.75) is 124 Å². The Morgan fingerprint density at radius 2 is 1.75 bits per heavy atom. The predicted molar refractivity (Wildman–Crippen MR) is 234 cm³/mol. The van der Waals surface area contributed by atoms with E-state index in [1.54, 1.807) is 0 Å². The molecule has 0 bridgehead atoms. The molecule has 2 aromatic carbocycles. The molecule has 11 heteroatoms. The van der Waals surface area contributed by atoms with Crippen molar-refractivity contribution in [2.24, 2.45) is 11.8 Å². The molecule has 1 saturated carbocycles. The number of esters is 1. The molecule has 0 spiro atoms. The van der Waals surface area contributed by atoms with Crippen LogP contribution in [-0.2, 0) is 20.7 Å². The molecule has 11 nitrogen and oxygen atoms in total. The first-order chi connectivity index (χ1) is 28.4. The Kier molecular flexibility index (Phi) is 17.0. The van der Waals surface area contributed by atoms with Crippen LogP contribution in [-0.4, -0.2) is 88.5 Å². The van der Waals surface area contributed by atoms with E-state index in [2.05, 4.69) is 58.6 Å². The summed E-state index contributed by atoms with van der Waals surface area (Å²) < 4.78 is 12.0. The Labute approximate surface area is 350 Å². The maximum atomic E-state index is 13.4. The van der Waals surface area contributed by atoms with E-state index in [9.17, 15) is 24.6 Å². The minimum Gasteiger partial charge on any atom is -0.490 e. The van der Waals surface area contributed by atoms with Gasteiger partial charge in [-0.3, -0.25) is 14.4 Å². The number of nitrogens with zero attached hydrogens (tertiary/aromatic N) is 1. The number of hydrogen-bond donors (Lipinski definition) is 5. The summed E-state index contributed by atoms with van der Waals surface area (Å²) in [7, 11) is 0. The zero-order chi connectivity index (χ0) is 42.5. The Hall–Kier alpha value is -4.71. The van der Waals surface area contributed by atoms with Gasteiger partial charge in [0.25, 0.3) is 11.8 Å². The molecule has 5 N–H and O–H groups in total. The number of unbranched alkanes of at least 4 members (excludes halogenated alkanes) is 1. The van der Waals surface area contributed by atoms with Gasteiger partial charge in [0.2, 0.25) is 0 Å². The molecule has 3 aromatic rings. The molecule has 2 aliphatic rings. The van der Waals surface area contributed by atoms with E-state index in [0.29, 0.717) is 73.3 Å². The van der Waals surface area contributed by atoms with Crippen LogP contribution in [0.3, 0.4) is 0 Å². The van der Waals surface area contributed by atoms with E-state index in [1.807, 2.05) is 70.2 Å². The summed E-state index contributed by atoms with van der Waals surface area (Å²) >= 11 is 0. The Morgan fingerprint density at radius 1 is 1.00 bits per heavy atom. The topological polar surface area (TPSA) is 153 Å².